The summed E-state index contributed by atoms with van der Waals surface area (Å²) in [4.78, 5) is 13.8. The third kappa shape index (κ3) is 3.94. The van der Waals surface area contributed by atoms with E-state index in [4.69, 9.17) is 4.74 Å². The van der Waals surface area contributed by atoms with Crippen molar-refractivity contribution in [1.29, 1.82) is 0 Å². The molecule has 0 unspecified atom stereocenters. The molecule has 1 aliphatic rings. The number of hydrogen-bond acceptors (Lipinski definition) is 3. The van der Waals surface area contributed by atoms with Gasteiger partial charge in [0.25, 0.3) is 0 Å². The van der Waals surface area contributed by atoms with E-state index in [1.807, 2.05) is 23.1 Å². The summed E-state index contributed by atoms with van der Waals surface area (Å²) in [6.45, 7) is 2.91. The van der Waals surface area contributed by atoms with Gasteiger partial charge >= 0.3 is 0 Å². The quantitative estimate of drug-likeness (QED) is 0.901. The van der Waals surface area contributed by atoms with Gasteiger partial charge in [-0.3, -0.25) is 4.79 Å². The van der Waals surface area contributed by atoms with Crippen LogP contribution in [0.25, 0.3) is 0 Å². The second-order valence-electron chi connectivity index (χ2n) is 4.66. The van der Waals surface area contributed by atoms with Crippen LogP contribution in [0.2, 0.25) is 0 Å². The van der Waals surface area contributed by atoms with Gasteiger partial charge in [-0.2, -0.15) is 0 Å². The normalized spacial score (nSPS) is 14.7. The second-order valence-corrected chi connectivity index (χ2v) is 5.51. The molecule has 0 spiro atoms. The number of rotatable bonds is 5. The Kier molecular flexibility index (Phi) is 5.22. The Bertz CT molecular complexity index is 445. The first kappa shape index (κ1) is 14.3. The van der Waals surface area contributed by atoms with Gasteiger partial charge in [-0.1, -0.05) is 6.07 Å². The molecule has 1 saturated heterocycles. The number of nitrogens with zero attached hydrogens (tertiary/aromatic N) is 1. The lowest BCUT2D eigenvalue weighted by molar-refractivity contribution is -0.129. The van der Waals surface area contributed by atoms with Crippen LogP contribution >= 0.6 is 15.9 Å². The van der Waals surface area contributed by atoms with Gasteiger partial charge in [-0.05, 0) is 46.5 Å². The van der Waals surface area contributed by atoms with E-state index in [1.54, 1.807) is 7.11 Å². The summed E-state index contributed by atoms with van der Waals surface area (Å²) in [5, 5.41) is 3.19. The van der Waals surface area contributed by atoms with Crippen molar-refractivity contribution in [3.63, 3.8) is 0 Å². The molecule has 1 amide bonds. The molecule has 1 aromatic carbocycles. The number of hydrogen-bond donors (Lipinski definition) is 1. The third-order valence-electron chi connectivity index (χ3n) is 3.28. The molecule has 1 fully saturated rings. The summed E-state index contributed by atoms with van der Waals surface area (Å²) < 4.78 is 6.11. The highest BCUT2D eigenvalue weighted by Crippen LogP contribution is 2.25. The van der Waals surface area contributed by atoms with Gasteiger partial charge in [0.1, 0.15) is 5.75 Å². The first-order chi connectivity index (χ1) is 9.20. The summed E-state index contributed by atoms with van der Waals surface area (Å²) in [5.74, 6) is 1.02. The lowest BCUT2D eigenvalue weighted by atomic mass is 10.2. The third-order valence-corrected chi connectivity index (χ3v) is 3.90. The number of halogens is 1. The van der Waals surface area contributed by atoms with E-state index in [-0.39, 0.29) is 5.91 Å². The van der Waals surface area contributed by atoms with Crippen molar-refractivity contribution in [2.75, 3.05) is 26.7 Å². The second kappa shape index (κ2) is 6.91. The average molecular weight is 327 g/mol. The summed E-state index contributed by atoms with van der Waals surface area (Å²) >= 11 is 3.45. The number of likely N-dealkylation sites (tertiary alicyclic amines) is 1. The fourth-order valence-electron chi connectivity index (χ4n) is 2.21. The van der Waals surface area contributed by atoms with Crippen LogP contribution in [0.5, 0.6) is 5.75 Å². The minimum absolute atomic E-state index is 0.199. The zero-order chi connectivity index (χ0) is 13.7. The lowest BCUT2D eigenvalue weighted by Gasteiger charge is -2.15. The standard InChI is InChI=1S/C14H19BrN2O2/c1-19-13-5-4-11(8-12(13)15)9-16-10-14(18)17-6-2-3-7-17/h4-5,8,16H,2-3,6-7,9-10H2,1H3. The Morgan fingerprint density at radius 2 is 2.16 bits per heavy atom. The first-order valence-corrected chi connectivity index (χ1v) is 7.31. The van der Waals surface area contributed by atoms with Gasteiger partial charge in [0.05, 0.1) is 18.1 Å². The van der Waals surface area contributed by atoms with Gasteiger partial charge in [-0.15, -0.1) is 0 Å². The molecule has 104 valence electrons. The molecule has 0 aromatic heterocycles. The van der Waals surface area contributed by atoms with Gasteiger partial charge in [0.2, 0.25) is 5.91 Å². The molecule has 4 nitrogen and oxygen atoms in total. The number of amides is 1. The molecule has 0 saturated carbocycles. The number of nitrogens with one attached hydrogen (secondary N) is 1. The van der Waals surface area contributed by atoms with Crippen LogP contribution in [0.4, 0.5) is 0 Å². The monoisotopic (exact) mass is 326 g/mol. The highest BCUT2D eigenvalue weighted by atomic mass is 79.9. The zero-order valence-electron chi connectivity index (χ0n) is 11.1. The summed E-state index contributed by atoms with van der Waals surface area (Å²) in [7, 11) is 1.65. The van der Waals surface area contributed by atoms with Crippen molar-refractivity contribution in [3.05, 3.63) is 28.2 Å². The molecule has 0 aliphatic carbocycles. The van der Waals surface area contributed by atoms with E-state index in [0.29, 0.717) is 13.1 Å². The fraction of sp³-hybridized carbons (Fsp3) is 0.500. The van der Waals surface area contributed by atoms with Gasteiger partial charge in [-0.25, -0.2) is 0 Å². The summed E-state index contributed by atoms with van der Waals surface area (Å²) in [5.41, 5.74) is 1.13. The van der Waals surface area contributed by atoms with Crippen molar-refractivity contribution in [2.45, 2.75) is 19.4 Å². The van der Waals surface area contributed by atoms with Crippen molar-refractivity contribution in [1.82, 2.24) is 10.2 Å². The largest absolute Gasteiger partial charge is 0.496 e. The van der Waals surface area contributed by atoms with Crippen LogP contribution in [0.3, 0.4) is 0 Å². The molecular weight excluding hydrogens is 308 g/mol. The van der Waals surface area contributed by atoms with Gasteiger partial charge < -0.3 is 15.0 Å². The molecule has 1 N–H and O–H groups in total. The number of carbonyl (C=O) groups excluding carboxylic acids is 1. The molecule has 0 radical (unpaired) electrons. The van der Waals surface area contributed by atoms with Crippen molar-refractivity contribution >= 4 is 21.8 Å². The fourth-order valence-corrected chi connectivity index (χ4v) is 2.80. The maximum absolute atomic E-state index is 11.8. The molecular formula is C14H19BrN2O2. The SMILES string of the molecule is COc1ccc(CNCC(=O)N2CCCC2)cc1Br. The Morgan fingerprint density at radius 3 is 2.79 bits per heavy atom. The van der Waals surface area contributed by atoms with Crippen LogP contribution in [0.15, 0.2) is 22.7 Å². The van der Waals surface area contributed by atoms with Crippen molar-refractivity contribution in [2.24, 2.45) is 0 Å². The molecule has 19 heavy (non-hydrogen) atoms. The van der Waals surface area contributed by atoms with Crippen LogP contribution in [-0.2, 0) is 11.3 Å². The highest BCUT2D eigenvalue weighted by molar-refractivity contribution is 9.10. The number of ether oxygens (including phenoxy) is 1. The Labute approximate surface area is 122 Å². The van der Waals surface area contributed by atoms with Crippen molar-refractivity contribution in [3.8, 4) is 5.75 Å². The molecule has 2 rings (SSSR count). The van der Waals surface area contributed by atoms with Gasteiger partial charge in [0.15, 0.2) is 0 Å². The minimum Gasteiger partial charge on any atom is -0.496 e. The minimum atomic E-state index is 0.199. The number of benzene rings is 1. The van der Waals surface area contributed by atoms with E-state index in [9.17, 15) is 4.79 Å². The van der Waals surface area contributed by atoms with Gasteiger partial charge in [0, 0.05) is 19.6 Å². The number of methoxy groups -OCH3 is 1. The highest BCUT2D eigenvalue weighted by Gasteiger charge is 2.16. The van der Waals surface area contributed by atoms with Crippen LogP contribution in [0.1, 0.15) is 18.4 Å². The molecule has 1 heterocycles. The summed E-state index contributed by atoms with van der Waals surface area (Å²) in [6.07, 6.45) is 2.27. The molecule has 5 heteroatoms. The Morgan fingerprint density at radius 1 is 1.42 bits per heavy atom. The van der Waals surface area contributed by atoms with Crippen LogP contribution < -0.4 is 10.1 Å². The molecule has 1 aliphatic heterocycles. The van der Waals surface area contributed by atoms with E-state index in [1.165, 1.54) is 0 Å². The smallest absolute Gasteiger partial charge is 0.236 e. The predicted molar refractivity (Wildman–Crippen MR) is 78.2 cm³/mol. The molecule has 1 aromatic rings. The summed E-state index contributed by atoms with van der Waals surface area (Å²) in [6, 6.07) is 5.92. The molecule has 0 atom stereocenters. The maximum Gasteiger partial charge on any atom is 0.236 e. The average Bonchev–Trinajstić information content (AvgIpc) is 2.93. The number of carbonyl (C=O) groups is 1. The lowest BCUT2D eigenvalue weighted by Crippen LogP contribution is -2.35. The van der Waals surface area contributed by atoms with E-state index in [0.717, 1.165) is 41.7 Å². The van der Waals surface area contributed by atoms with Crippen molar-refractivity contribution < 1.29 is 9.53 Å². The van der Waals surface area contributed by atoms with Crippen LogP contribution in [-0.4, -0.2) is 37.6 Å². The maximum atomic E-state index is 11.8. The first-order valence-electron chi connectivity index (χ1n) is 6.51. The van der Waals surface area contributed by atoms with E-state index >= 15 is 0 Å². The van der Waals surface area contributed by atoms with E-state index in [2.05, 4.69) is 21.2 Å². The van der Waals surface area contributed by atoms with E-state index < -0.39 is 0 Å². The molecule has 0 bridgehead atoms. The predicted octanol–water partition coefficient (Wildman–Crippen LogP) is 2.17. The topological polar surface area (TPSA) is 41.6 Å². The zero-order valence-corrected chi connectivity index (χ0v) is 12.7. The van der Waals surface area contributed by atoms with Crippen LogP contribution in [0, 0.1) is 0 Å². The Hall–Kier alpha value is -1.07. The Balaban J connectivity index is 1.79.